The SMILES string of the molecule is Cc1ccc(C2(c3ccccc3)c3ccccc3-c3ccccc32)cc1.Cc1cccc(-c2cccc3c2-c2ccccc2C3(c2ccccc2)c2ccccc2)c1.Cc1cccc(C2(c3ccccc3)c3ccccc3-c3ccccc32)c1.Cc1ccccc1-c1cccc2c1-c1ccccc1C2(c1ccccc1)c1ccccc1.Cc1ccccc1C1(c2ccccc2)c2ccccc2-c2ccccc21. The van der Waals surface area contributed by atoms with Gasteiger partial charge in [-0.1, -0.05) is 581 Å². The number of rotatable bonds is 12. The first-order chi connectivity index (χ1) is 70.1. The van der Waals surface area contributed by atoms with Crippen LogP contribution in [-0.4, -0.2) is 0 Å². The van der Waals surface area contributed by atoms with Crippen molar-refractivity contribution in [2.75, 3.05) is 0 Å². The summed E-state index contributed by atoms with van der Waals surface area (Å²) in [7, 11) is 0. The number of hydrogen-bond acceptors (Lipinski definition) is 0. The van der Waals surface area contributed by atoms with E-state index in [1.165, 1.54) is 217 Å². The van der Waals surface area contributed by atoms with Gasteiger partial charge in [-0.3, -0.25) is 0 Å². The molecular formula is C142H108. The Labute approximate surface area is 836 Å². The third-order valence-corrected chi connectivity index (χ3v) is 30.7. The van der Waals surface area contributed by atoms with Gasteiger partial charge in [0.25, 0.3) is 0 Å². The maximum atomic E-state index is 2.34. The summed E-state index contributed by atoms with van der Waals surface area (Å²) >= 11 is 0. The molecule has 27 rings (SSSR count). The molecule has 0 heteroatoms. The molecule has 0 aromatic heterocycles. The van der Waals surface area contributed by atoms with Crippen LogP contribution in [0.15, 0.2) is 564 Å². The van der Waals surface area contributed by atoms with Gasteiger partial charge in [-0.15, -0.1) is 0 Å². The number of benzene rings is 22. The van der Waals surface area contributed by atoms with E-state index in [-0.39, 0.29) is 27.1 Å². The number of hydrogen-bond donors (Lipinski definition) is 0. The normalized spacial score (nSPS) is 13.7. The minimum atomic E-state index is -0.340. The van der Waals surface area contributed by atoms with E-state index in [4.69, 9.17) is 0 Å². The van der Waals surface area contributed by atoms with Crippen LogP contribution in [0.3, 0.4) is 0 Å². The van der Waals surface area contributed by atoms with E-state index >= 15 is 0 Å². The zero-order valence-electron chi connectivity index (χ0n) is 80.7. The van der Waals surface area contributed by atoms with E-state index in [9.17, 15) is 0 Å². The van der Waals surface area contributed by atoms with Gasteiger partial charge in [0.05, 0.1) is 27.1 Å². The predicted molar refractivity (Wildman–Crippen MR) is 593 cm³/mol. The molecule has 5 aliphatic carbocycles. The first-order valence-electron chi connectivity index (χ1n) is 49.9. The highest BCUT2D eigenvalue weighted by Gasteiger charge is 2.52. The second-order valence-electron chi connectivity index (χ2n) is 38.4. The largest absolute Gasteiger partial charge is 0.0716 e. The molecule has 0 aliphatic heterocycles. The summed E-state index contributed by atoms with van der Waals surface area (Å²) in [6, 6.07) is 206. The molecule has 0 spiro atoms. The summed E-state index contributed by atoms with van der Waals surface area (Å²) in [6.07, 6.45) is 0. The summed E-state index contributed by atoms with van der Waals surface area (Å²) in [6.45, 7) is 10.9. The molecular weight excluding hydrogens is 1710 g/mol. The Morgan fingerprint density at radius 1 is 0.113 bits per heavy atom. The molecule has 22 aromatic carbocycles. The molecule has 0 heterocycles. The van der Waals surface area contributed by atoms with E-state index < -0.39 is 0 Å². The van der Waals surface area contributed by atoms with E-state index in [1.54, 1.807) is 0 Å². The van der Waals surface area contributed by atoms with Gasteiger partial charge in [0, 0.05) is 0 Å². The lowest BCUT2D eigenvalue weighted by atomic mass is 9.66. The monoisotopic (exact) mass is 1810 g/mol. The first-order valence-corrected chi connectivity index (χ1v) is 49.9. The summed E-state index contributed by atoms with van der Waals surface area (Å²) in [5, 5.41) is 0. The summed E-state index contributed by atoms with van der Waals surface area (Å²) in [5.74, 6) is 0. The highest BCUT2D eigenvalue weighted by Crippen LogP contribution is 2.64. The summed E-state index contributed by atoms with van der Waals surface area (Å²) in [5.41, 5.74) is 50.5. The third-order valence-electron chi connectivity index (χ3n) is 30.7. The Kier molecular flexibility index (Phi) is 23.5. The van der Waals surface area contributed by atoms with Crippen LogP contribution in [0, 0.1) is 34.6 Å². The molecule has 0 bridgehead atoms. The lowest BCUT2D eigenvalue weighted by Gasteiger charge is -2.35. The number of fused-ring (bicyclic) bond motifs is 15. The maximum Gasteiger partial charge on any atom is 0.0716 e. The van der Waals surface area contributed by atoms with Gasteiger partial charge in [0.2, 0.25) is 0 Å². The van der Waals surface area contributed by atoms with Crippen molar-refractivity contribution in [2.45, 2.75) is 61.7 Å². The van der Waals surface area contributed by atoms with Crippen LogP contribution in [0.25, 0.3) is 77.9 Å². The minimum absolute atomic E-state index is 0.262. The average molecular weight is 1810 g/mol. The molecule has 142 heavy (non-hydrogen) atoms. The topological polar surface area (TPSA) is 0 Å². The van der Waals surface area contributed by atoms with Crippen molar-refractivity contribution >= 4 is 0 Å². The average Bonchev–Trinajstić information content (AvgIpc) is 1.55. The zero-order valence-corrected chi connectivity index (χ0v) is 80.7. The predicted octanol–water partition coefficient (Wildman–Crippen LogP) is 35.1. The molecule has 0 atom stereocenters. The highest BCUT2D eigenvalue weighted by molar-refractivity contribution is 5.99. The van der Waals surface area contributed by atoms with E-state index in [2.05, 4.69) is 599 Å². The molecule has 0 amide bonds. The van der Waals surface area contributed by atoms with Crippen molar-refractivity contribution in [3.8, 4) is 77.9 Å². The van der Waals surface area contributed by atoms with E-state index in [0.29, 0.717) is 0 Å². The van der Waals surface area contributed by atoms with Gasteiger partial charge < -0.3 is 0 Å². The van der Waals surface area contributed by atoms with Crippen LogP contribution < -0.4 is 0 Å². The molecule has 0 fully saturated rings. The second kappa shape index (κ2) is 37.6. The van der Waals surface area contributed by atoms with Gasteiger partial charge in [0.1, 0.15) is 0 Å². The molecule has 0 N–H and O–H groups in total. The smallest absolute Gasteiger partial charge is 0.0622 e. The van der Waals surface area contributed by atoms with Crippen LogP contribution in [0.2, 0.25) is 0 Å². The molecule has 0 nitrogen and oxygen atoms in total. The Balaban J connectivity index is 0.0000000990. The van der Waals surface area contributed by atoms with Crippen molar-refractivity contribution < 1.29 is 0 Å². The van der Waals surface area contributed by atoms with Crippen molar-refractivity contribution in [1.82, 2.24) is 0 Å². The molecule has 0 radical (unpaired) electrons. The third kappa shape index (κ3) is 14.5. The van der Waals surface area contributed by atoms with Gasteiger partial charge in [-0.2, -0.15) is 0 Å². The van der Waals surface area contributed by atoms with Crippen LogP contribution in [0.5, 0.6) is 0 Å². The summed E-state index contributed by atoms with van der Waals surface area (Å²) in [4.78, 5) is 0. The fraction of sp³-hybridized carbons (Fsp3) is 0.0704. The second-order valence-corrected chi connectivity index (χ2v) is 38.4. The standard InChI is InChI=1S/2C32H24.3C26H20/c1-23-12-10-13-24(22-23)27-19-11-21-30-31(27)28-18-8-9-20-29(28)32(30,25-14-4-2-5-15-25)26-16-6-3-7-17-26;1-23-13-8-9-18-26(23)27-20-12-22-30-31(27)28-19-10-11-21-29(28)32(30,24-14-4-2-5-15-24)25-16-6-3-7-17-25;1-19-11-5-8-16-23(19)26(20-12-3-2-4-13-20)24-17-9-6-14-21(24)22-15-7-10-18-25(22)26;1-19-10-9-13-21(18-19)26(20-11-3-2-4-12-20)24-16-7-5-14-22(24)23-15-6-8-17-25(23)26;1-19-15-17-21(18-16-19)26(20-9-3-2-4-10-20)24-13-7-5-11-22(24)23-12-6-8-14-25(23)26/h2*2-22H,1H3;3*2-18H,1H3. The molecule has 0 saturated heterocycles. The Morgan fingerprint density at radius 2 is 0.331 bits per heavy atom. The van der Waals surface area contributed by atoms with Crippen LogP contribution in [0.4, 0.5) is 0 Å². The summed E-state index contributed by atoms with van der Waals surface area (Å²) < 4.78 is 0. The van der Waals surface area contributed by atoms with Crippen LogP contribution in [0.1, 0.15) is 139 Å². The molecule has 676 valence electrons. The quantitative estimate of drug-likeness (QED) is 0.114. The Morgan fingerprint density at radius 3 is 0.669 bits per heavy atom. The zero-order chi connectivity index (χ0) is 95.8. The Bertz CT molecular complexity index is 8140. The van der Waals surface area contributed by atoms with Gasteiger partial charge in [0.15, 0.2) is 0 Å². The first kappa shape index (κ1) is 88.8. The molecule has 0 unspecified atom stereocenters. The van der Waals surface area contributed by atoms with Crippen molar-refractivity contribution in [3.63, 3.8) is 0 Å². The lowest BCUT2D eigenvalue weighted by Crippen LogP contribution is -2.29. The van der Waals surface area contributed by atoms with E-state index in [1.807, 2.05) is 0 Å². The minimum Gasteiger partial charge on any atom is -0.0622 e. The van der Waals surface area contributed by atoms with Crippen LogP contribution >= 0.6 is 0 Å². The van der Waals surface area contributed by atoms with Gasteiger partial charge >= 0.3 is 0 Å². The van der Waals surface area contributed by atoms with Crippen molar-refractivity contribution in [3.05, 3.63) is 703 Å². The van der Waals surface area contributed by atoms with Crippen LogP contribution in [-0.2, 0) is 27.1 Å². The maximum absolute atomic E-state index is 2.34. The van der Waals surface area contributed by atoms with Gasteiger partial charge in [-0.05, 0) is 235 Å². The van der Waals surface area contributed by atoms with Crippen molar-refractivity contribution in [1.29, 1.82) is 0 Å². The van der Waals surface area contributed by atoms with Crippen molar-refractivity contribution in [2.24, 2.45) is 0 Å². The molecule has 22 aromatic rings. The number of aryl methyl sites for hydroxylation is 5. The Hall–Kier alpha value is -17.2. The van der Waals surface area contributed by atoms with Gasteiger partial charge in [-0.25, -0.2) is 0 Å². The van der Waals surface area contributed by atoms with E-state index in [0.717, 1.165) is 0 Å². The highest BCUT2D eigenvalue weighted by atomic mass is 14.5. The fourth-order valence-corrected chi connectivity index (χ4v) is 24.9. The fourth-order valence-electron chi connectivity index (χ4n) is 24.9. The lowest BCUT2D eigenvalue weighted by molar-refractivity contribution is 0.761. The molecule has 0 saturated carbocycles. The molecule has 5 aliphatic rings.